The van der Waals surface area contributed by atoms with Crippen LogP contribution in [0.2, 0.25) is 10.0 Å². The molecule has 14 heavy (non-hydrogen) atoms. The van der Waals surface area contributed by atoms with Crippen LogP contribution in [0.15, 0.2) is 12.1 Å². The number of Topliss-reactive ketones (excluding diaryl/α,β-unsaturated/α-hetero) is 1. The second kappa shape index (κ2) is 3.44. The van der Waals surface area contributed by atoms with Crippen LogP contribution in [0.5, 0.6) is 5.75 Å². The molecule has 1 atom stereocenters. The molecule has 0 saturated heterocycles. The van der Waals surface area contributed by atoms with Gasteiger partial charge in [-0.1, -0.05) is 23.2 Å². The molecule has 1 aromatic carbocycles. The smallest absolute Gasteiger partial charge is 0.170 e. The molecule has 1 aromatic rings. The standard InChI is InChI=1S/C10H8Cl2O2/c1-5-2-9(13)6-3-7(11)8(12)4-10(6)14-5/h3-5H,2H2,1H3/t5-/m0/s1. The Labute approximate surface area is 91.8 Å². The average Bonchev–Trinajstić information content (AvgIpc) is 2.08. The largest absolute Gasteiger partial charge is 0.489 e. The first-order valence-electron chi connectivity index (χ1n) is 4.27. The summed E-state index contributed by atoms with van der Waals surface area (Å²) in [6, 6.07) is 3.15. The molecule has 0 spiro atoms. The van der Waals surface area contributed by atoms with Crippen molar-refractivity contribution in [2.75, 3.05) is 0 Å². The summed E-state index contributed by atoms with van der Waals surface area (Å²) in [5, 5.41) is 0.796. The molecule has 0 bridgehead atoms. The molecule has 0 radical (unpaired) electrons. The molecule has 0 amide bonds. The second-order valence-electron chi connectivity index (χ2n) is 3.32. The summed E-state index contributed by atoms with van der Waals surface area (Å²) in [7, 11) is 0. The van der Waals surface area contributed by atoms with Gasteiger partial charge in [-0.3, -0.25) is 4.79 Å². The zero-order valence-electron chi connectivity index (χ0n) is 7.51. The van der Waals surface area contributed by atoms with Gasteiger partial charge in [-0.15, -0.1) is 0 Å². The zero-order valence-corrected chi connectivity index (χ0v) is 9.02. The number of halogens is 2. The Morgan fingerprint density at radius 2 is 2.00 bits per heavy atom. The van der Waals surface area contributed by atoms with Crippen molar-refractivity contribution in [2.24, 2.45) is 0 Å². The van der Waals surface area contributed by atoms with Crippen LogP contribution in [0.25, 0.3) is 0 Å². The maximum Gasteiger partial charge on any atom is 0.170 e. The van der Waals surface area contributed by atoms with Gasteiger partial charge in [-0.2, -0.15) is 0 Å². The summed E-state index contributed by atoms with van der Waals surface area (Å²) in [5.41, 5.74) is 0.525. The lowest BCUT2D eigenvalue weighted by atomic mass is 10.0. The van der Waals surface area contributed by atoms with Crippen LogP contribution in [-0.2, 0) is 0 Å². The van der Waals surface area contributed by atoms with Crippen LogP contribution in [-0.4, -0.2) is 11.9 Å². The van der Waals surface area contributed by atoms with Gasteiger partial charge in [0.2, 0.25) is 0 Å². The van der Waals surface area contributed by atoms with Gasteiger partial charge >= 0.3 is 0 Å². The Morgan fingerprint density at radius 3 is 2.71 bits per heavy atom. The normalized spacial score (nSPS) is 20.2. The summed E-state index contributed by atoms with van der Waals surface area (Å²) in [6.07, 6.45) is 0.303. The molecular formula is C10H8Cl2O2. The summed E-state index contributed by atoms with van der Waals surface area (Å²) < 4.78 is 5.47. The first kappa shape index (κ1) is 9.81. The Kier molecular flexibility index (Phi) is 2.41. The van der Waals surface area contributed by atoms with E-state index in [1.807, 2.05) is 6.92 Å². The molecule has 4 heteroatoms. The minimum atomic E-state index is -0.0905. The molecule has 1 aliphatic heterocycles. The molecule has 2 nitrogen and oxygen atoms in total. The SMILES string of the molecule is C[C@H]1CC(=O)c2cc(Cl)c(Cl)cc2O1. The third-order valence-electron chi connectivity index (χ3n) is 2.12. The Bertz CT molecular complexity index is 401. The lowest BCUT2D eigenvalue weighted by molar-refractivity contribution is 0.0871. The summed E-state index contributed by atoms with van der Waals surface area (Å²) in [4.78, 5) is 11.6. The van der Waals surface area contributed by atoms with Gasteiger partial charge in [-0.05, 0) is 13.0 Å². The van der Waals surface area contributed by atoms with E-state index < -0.39 is 0 Å². The number of carbonyl (C=O) groups excluding carboxylic acids is 1. The first-order valence-corrected chi connectivity index (χ1v) is 5.02. The molecular weight excluding hydrogens is 223 g/mol. The number of fused-ring (bicyclic) bond motifs is 1. The molecule has 1 aliphatic rings. The van der Waals surface area contributed by atoms with Crippen molar-refractivity contribution in [1.82, 2.24) is 0 Å². The van der Waals surface area contributed by atoms with Crippen molar-refractivity contribution in [1.29, 1.82) is 0 Å². The predicted octanol–water partition coefficient (Wildman–Crippen LogP) is 3.35. The predicted molar refractivity (Wildman–Crippen MR) is 55.5 cm³/mol. The molecule has 0 aliphatic carbocycles. The Morgan fingerprint density at radius 1 is 1.36 bits per heavy atom. The van der Waals surface area contributed by atoms with Gasteiger partial charge in [0.15, 0.2) is 5.78 Å². The maximum absolute atomic E-state index is 11.6. The number of carbonyl (C=O) groups is 1. The second-order valence-corrected chi connectivity index (χ2v) is 4.13. The molecule has 1 heterocycles. The number of benzene rings is 1. The van der Waals surface area contributed by atoms with Gasteiger partial charge in [-0.25, -0.2) is 0 Å². The lowest BCUT2D eigenvalue weighted by Gasteiger charge is -2.22. The van der Waals surface area contributed by atoms with E-state index in [1.54, 1.807) is 12.1 Å². The third kappa shape index (κ3) is 1.60. The Hall–Kier alpha value is -0.730. The van der Waals surface area contributed by atoms with Crippen LogP contribution in [0.3, 0.4) is 0 Å². The van der Waals surface area contributed by atoms with Crippen LogP contribution < -0.4 is 4.74 Å². The highest BCUT2D eigenvalue weighted by Crippen LogP contribution is 2.34. The van der Waals surface area contributed by atoms with Gasteiger partial charge < -0.3 is 4.74 Å². The molecule has 2 rings (SSSR count). The summed E-state index contributed by atoms with van der Waals surface area (Å²) in [6.45, 7) is 1.85. The number of ether oxygens (including phenoxy) is 1. The van der Waals surface area contributed by atoms with Crippen LogP contribution in [0.1, 0.15) is 23.7 Å². The first-order chi connectivity index (χ1) is 6.58. The van der Waals surface area contributed by atoms with E-state index in [-0.39, 0.29) is 11.9 Å². The van der Waals surface area contributed by atoms with Crippen LogP contribution in [0, 0.1) is 0 Å². The zero-order chi connectivity index (χ0) is 10.3. The topological polar surface area (TPSA) is 26.3 Å². The van der Waals surface area contributed by atoms with Gasteiger partial charge in [0.05, 0.1) is 15.6 Å². The number of hydrogen-bond acceptors (Lipinski definition) is 2. The average molecular weight is 231 g/mol. The van der Waals surface area contributed by atoms with Gasteiger partial charge in [0, 0.05) is 12.5 Å². The highest BCUT2D eigenvalue weighted by Gasteiger charge is 2.24. The van der Waals surface area contributed by atoms with E-state index in [1.165, 1.54) is 0 Å². The van der Waals surface area contributed by atoms with Gasteiger partial charge in [0.25, 0.3) is 0 Å². The molecule has 0 unspecified atom stereocenters. The van der Waals surface area contributed by atoms with E-state index in [2.05, 4.69) is 0 Å². The van der Waals surface area contributed by atoms with Crippen molar-refractivity contribution in [3.05, 3.63) is 27.7 Å². The van der Waals surface area contributed by atoms with E-state index in [0.29, 0.717) is 27.8 Å². The van der Waals surface area contributed by atoms with Crippen molar-refractivity contribution in [3.8, 4) is 5.75 Å². The van der Waals surface area contributed by atoms with Crippen molar-refractivity contribution in [3.63, 3.8) is 0 Å². The molecule has 74 valence electrons. The number of ketones is 1. The van der Waals surface area contributed by atoms with Crippen molar-refractivity contribution >= 4 is 29.0 Å². The fourth-order valence-electron chi connectivity index (χ4n) is 1.47. The third-order valence-corrected chi connectivity index (χ3v) is 2.85. The molecule has 0 N–H and O–H groups in total. The minimum absolute atomic E-state index is 0.0531. The van der Waals surface area contributed by atoms with Crippen LogP contribution >= 0.6 is 23.2 Å². The van der Waals surface area contributed by atoms with Gasteiger partial charge in [0.1, 0.15) is 11.9 Å². The fraction of sp³-hybridized carbons (Fsp3) is 0.300. The molecule has 0 fully saturated rings. The van der Waals surface area contributed by atoms with E-state index in [0.717, 1.165) is 0 Å². The number of rotatable bonds is 0. The minimum Gasteiger partial charge on any atom is -0.489 e. The van der Waals surface area contributed by atoms with Crippen molar-refractivity contribution < 1.29 is 9.53 Å². The Balaban J connectivity index is 2.55. The monoisotopic (exact) mass is 230 g/mol. The van der Waals surface area contributed by atoms with Crippen molar-refractivity contribution in [2.45, 2.75) is 19.4 Å². The highest BCUT2D eigenvalue weighted by molar-refractivity contribution is 6.42. The quantitative estimate of drug-likeness (QED) is 0.684. The maximum atomic E-state index is 11.6. The number of hydrogen-bond donors (Lipinski definition) is 0. The van der Waals surface area contributed by atoms with Crippen LogP contribution in [0.4, 0.5) is 0 Å². The van der Waals surface area contributed by atoms with E-state index >= 15 is 0 Å². The summed E-state index contributed by atoms with van der Waals surface area (Å²) >= 11 is 11.6. The molecule has 0 aromatic heterocycles. The van der Waals surface area contributed by atoms with E-state index in [9.17, 15) is 4.79 Å². The molecule has 0 saturated carbocycles. The highest BCUT2D eigenvalue weighted by atomic mass is 35.5. The lowest BCUT2D eigenvalue weighted by Crippen LogP contribution is -2.23. The fourth-order valence-corrected chi connectivity index (χ4v) is 1.79. The summed E-state index contributed by atoms with van der Waals surface area (Å²) in [5.74, 6) is 0.584. The van der Waals surface area contributed by atoms with E-state index in [4.69, 9.17) is 27.9 Å².